The molecule has 0 spiro atoms. The Morgan fingerprint density at radius 3 is 2.70 bits per heavy atom. The summed E-state index contributed by atoms with van der Waals surface area (Å²) in [5, 5.41) is 3.29. The molecule has 2 amide bonds. The fourth-order valence-electron chi connectivity index (χ4n) is 3.05. The van der Waals surface area contributed by atoms with Gasteiger partial charge in [0.15, 0.2) is 6.10 Å². The molecule has 2 aromatic rings. The van der Waals surface area contributed by atoms with Crippen LogP contribution >= 0.6 is 23.2 Å². The van der Waals surface area contributed by atoms with Crippen LogP contribution in [0.5, 0.6) is 5.75 Å². The highest BCUT2D eigenvalue weighted by molar-refractivity contribution is 6.35. The summed E-state index contributed by atoms with van der Waals surface area (Å²) < 4.78 is 10.5. The van der Waals surface area contributed by atoms with Crippen molar-refractivity contribution in [2.45, 2.75) is 19.4 Å². The number of hydrogen-bond acceptors (Lipinski definition) is 5. The Morgan fingerprint density at radius 1 is 1.20 bits per heavy atom. The molecule has 7 nitrogen and oxygen atoms in total. The summed E-state index contributed by atoms with van der Waals surface area (Å²) in [4.78, 5) is 38.8. The molecule has 0 saturated carbocycles. The van der Waals surface area contributed by atoms with Crippen molar-refractivity contribution in [3.63, 3.8) is 0 Å². The lowest BCUT2D eigenvalue weighted by molar-refractivity contribution is -0.157. The van der Waals surface area contributed by atoms with Gasteiger partial charge in [0.1, 0.15) is 5.75 Å². The highest BCUT2D eigenvalue weighted by Gasteiger charge is 2.37. The van der Waals surface area contributed by atoms with Crippen molar-refractivity contribution in [2.24, 2.45) is 5.92 Å². The molecule has 0 bridgehead atoms. The van der Waals surface area contributed by atoms with Gasteiger partial charge in [-0.15, -0.1) is 0 Å². The van der Waals surface area contributed by atoms with E-state index < -0.39 is 23.9 Å². The number of nitrogens with one attached hydrogen (secondary N) is 1. The molecule has 30 heavy (non-hydrogen) atoms. The number of halogens is 2. The van der Waals surface area contributed by atoms with Gasteiger partial charge in [0, 0.05) is 29.7 Å². The van der Waals surface area contributed by atoms with Crippen LogP contribution in [0.25, 0.3) is 0 Å². The van der Waals surface area contributed by atoms with E-state index in [1.54, 1.807) is 36.4 Å². The smallest absolute Gasteiger partial charge is 0.312 e. The molecule has 1 aliphatic heterocycles. The van der Waals surface area contributed by atoms with Crippen LogP contribution in [0.15, 0.2) is 42.5 Å². The fourth-order valence-corrected chi connectivity index (χ4v) is 3.38. The Labute approximate surface area is 183 Å². The van der Waals surface area contributed by atoms with E-state index in [-0.39, 0.29) is 18.9 Å². The van der Waals surface area contributed by atoms with Crippen molar-refractivity contribution in [3.05, 3.63) is 52.5 Å². The molecular formula is C21H20Cl2N2O5. The molecule has 1 fully saturated rings. The standard InChI is InChI=1S/C21H20Cl2N2O5/c1-12(20(27)24-18-9-14(22)6-7-17(18)23)30-21(28)13-8-19(26)25(11-13)15-4-3-5-16(10-15)29-2/h3-7,9-10,12-13H,8,11H2,1-2H3,(H,24,27). The number of ether oxygens (including phenoxy) is 2. The van der Waals surface area contributed by atoms with Crippen molar-refractivity contribution in [2.75, 3.05) is 23.9 Å². The minimum absolute atomic E-state index is 0.00447. The largest absolute Gasteiger partial charge is 0.497 e. The van der Waals surface area contributed by atoms with Gasteiger partial charge >= 0.3 is 5.97 Å². The van der Waals surface area contributed by atoms with Gasteiger partial charge in [-0.1, -0.05) is 29.3 Å². The van der Waals surface area contributed by atoms with Crippen LogP contribution in [-0.2, 0) is 19.1 Å². The Balaban J connectivity index is 1.60. The van der Waals surface area contributed by atoms with Crippen LogP contribution in [0.4, 0.5) is 11.4 Å². The second kappa shape index (κ2) is 9.36. The molecule has 3 rings (SSSR count). The van der Waals surface area contributed by atoms with Gasteiger partial charge < -0.3 is 19.7 Å². The number of carbonyl (C=O) groups is 3. The quantitative estimate of drug-likeness (QED) is 0.673. The van der Waals surface area contributed by atoms with E-state index in [9.17, 15) is 14.4 Å². The average Bonchev–Trinajstić information content (AvgIpc) is 3.12. The van der Waals surface area contributed by atoms with Crippen LogP contribution in [-0.4, -0.2) is 37.5 Å². The third kappa shape index (κ3) is 5.04. The number of methoxy groups -OCH3 is 1. The molecule has 0 aliphatic carbocycles. The van der Waals surface area contributed by atoms with E-state index in [0.717, 1.165) is 0 Å². The zero-order chi connectivity index (χ0) is 21.8. The van der Waals surface area contributed by atoms with Gasteiger partial charge in [0.05, 0.1) is 23.7 Å². The van der Waals surface area contributed by atoms with E-state index in [1.165, 1.54) is 25.0 Å². The SMILES string of the molecule is COc1cccc(N2CC(C(=O)OC(C)C(=O)Nc3cc(Cl)ccc3Cl)CC2=O)c1. The maximum atomic E-state index is 12.5. The third-order valence-corrected chi connectivity index (χ3v) is 5.24. The molecule has 2 atom stereocenters. The van der Waals surface area contributed by atoms with Crippen molar-refractivity contribution < 1.29 is 23.9 Å². The molecule has 1 saturated heterocycles. The van der Waals surface area contributed by atoms with E-state index in [1.807, 2.05) is 0 Å². The Hall–Kier alpha value is -2.77. The van der Waals surface area contributed by atoms with Gasteiger partial charge in [-0.25, -0.2) is 0 Å². The number of benzene rings is 2. The lowest BCUT2D eigenvalue weighted by Crippen LogP contribution is -2.33. The van der Waals surface area contributed by atoms with Gasteiger partial charge in [-0.05, 0) is 37.3 Å². The Kier molecular flexibility index (Phi) is 6.84. The van der Waals surface area contributed by atoms with E-state index >= 15 is 0 Å². The minimum atomic E-state index is -1.08. The summed E-state index contributed by atoms with van der Waals surface area (Å²) in [5.41, 5.74) is 0.952. The molecule has 2 unspecified atom stereocenters. The Bertz CT molecular complexity index is 982. The summed E-state index contributed by atoms with van der Waals surface area (Å²) in [7, 11) is 1.54. The summed E-state index contributed by atoms with van der Waals surface area (Å²) >= 11 is 11.9. The molecule has 158 valence electrons. The maximum absolute atomic E-state index is 12.5. The van der Waals surface area contributed by atoms with Crippen LogP contribution < -0.4 is 15.0 Å². The van der Waals surface area contributed by atoms with E-state index in [2.05, 4.69) is 5.32 Å². The predicted molar refractivity (Wildman–Crippen MR) is 114 cm³/mol. The molecule has 0 radical (unpaired) electrons. The van der Waals surface area contributed by atoms with Gasteiger partial charge in [0.25, 0.3) is 5.91 Å². The molecule has 9 heteroatoms. The van der Waals surface area contributed by atoms with Crippen LogP contribution in [0.1, 0.15) is 13.3 Å². The Morgan fingerprint density at radius 2 is 1.97 bits per heavy atom. The second-order valence-electron chi connectivity index (χ2n) is 6.80. The maximum Gasteiger partial charge on any atom is 0.312 e. The lowest BCUT2D eigenvalue weighted by Gasteiger charge is -2.18. The minimum Gasteiger partial charge on any atom is -0.497 e. The molecular weight excluding hydrogens is 431 g/mol. The highest BCUT2D eigenvalue weighted by atomic mass is 35.5. The number of carbonyl (C=O) groups excluding carboxylic acids is 3. The number of anilines is 2. The molecule has 1 N–H and O–H groups in total. The van der Waals surface area contributed by atoms with Crippen molar-refractivity contribution in [1.29, 1.82) is 0 Å². The highest BCUT2D eigenvalue weighted by Crippen LogP contribution is 2.29. The number of amides is 2. The van der Waals surface area contributed by atoms with Gasteiger partial charge in [-0.2, -0.15) is 0 Å². The topological polar surface area (TPSA) is 84.9 Å². The number of esters is 1. The van der Waals surface area contributed by atoms with E-state index in [0.29, 0.717) is 27.2 Å². The molecule has 1 aliphatic rings. The normalized spacial score (nSPS) is 16.9. The molecule has 1 heterocycles. The first-order chi connectivity index (χ1) is 14.3. The average molecular weight is 451 g/mol. The summed E-state index contributed by atoms with van der Waals surface area (Å²) in [6.45, 7) is 1.61. The summed E-state index contributed by atoms with van der Waals surface area (Å²) in [5.74, 6) is -1.44. The van der Waals surface area contributed by atoms with Crippen molar-refractivity contribution in [1.82, 2.24) is 0 Å². The second-order valence-corrected chi connectivity index (χ2v) is 7.64. The van der Waals surface area contributed by atoms with Crippen molar-refractivity contribution in [3.8, 4) is 5.75 Å². The van der Waals surface area contributed by atoms with Crippen molar-refractivity contribution >= 4 is 52.4 Å². The first-order valence-electron chi connectivity index (χ1n) is 9.19. The van der Waals surface area contributed by atoms with Crippen LogP contribution in [0.2, 0.25) is 10.0 Å². The first-order valence-corrected chi connectivity index (χ1v) is 9.95. The third-order valence-electron chi connectivity index (χ3n) is 4.67. The van der Waals surface area contributed by atoms with E-state index in [4.69, 9.17) is 32.7 Å². The number of nitrogens with zero attached hydrogens (tertiary/aromatic N) is 1. The molecule has 0 aromatic heterocycles. The van der Waals surface area contributed by atoms with Gasteiger partial charge in [0.2, 0.25) is 5.91 Å². The lowest BCUT2D eigenvalue weighted by atomic mass is 10.1. The first kappa shape index (κ1) is 21.9. The predicted octanol–water partition coefficient (Wildman–Crippen LogP) is 3.93. The number of hydrogen-bond donors (Lipinski definition) is 1. The summed E-state index contributed by atoms with van der Waals surface area (Å²) in [6.07, 6.45) is -1.07. The fraction of sp³-hybridized carbons (Fsp3) is 0.286. The summed E-state index contributed by atoms with van der Waals surface area (Å²) in [6, 6.07) is 11.7. The molecule has 2 aromatic carbocycles. The monoisotopic (exact) mass is 450 g/mol. The zero-order valence-electron chi connectivity index (χ0n) is 16.4. The van der Waals surface area contributed by atoms with Crippen LogP contribution in [0, 0.1) is 5.92 Å². The van der Waals surface area contributed by atoms with Gasteiger partial charge in [-0.3, -0.25) is 14.4 Å². The zero-order valence-corrected chi connectivity index (χ0v) is 17.9. The van der Waals surface area contributed by atoms with Crippen LogP contribution in [0.3, 0.4) is 0 Å². The number of rotatable bonds is 6.